The average molecular weight is 216 g/mol. The molecule has 0 aromatic carbocycles. The van der Waals surface area contributed by atoms with Gasteiger partial charge in [0, 0.05) is 23.4 Å². The van der Waals surface area contributed by atoms with E-state index in [4.69, 9.17) is 11.0 Å². The van der Waals surface area contributed by atoms with E-state index >= 15 is 0 Å². The molecule has 2 aliphatic rings. The summed E-state index contributed by atoms with van der Waals surface area (Å²) in [6, 6.07) is 8.00. The van der Waals surface area contributed by atoms with Gasteiger partial charge < -0.3 is 10.5 Å². The normalized spacial score (nSPS) is 10.0. The van der Waals surface area contributed by atoms with E-state index in [9.17, 15) is 4.79 Å². The zero-order valence-electron chi connectivity index (χ0n) is 8.93. The van der Waals surface area contributed by atoms with Crippen LogP contribution in [-0.2, 0) is 9.53 Å². The maximum atomic E-state index is 10.3. The second kappa shape index (κ2) is 5.56. The van der Waals surface area contributed by atoms with Crippen LogP contribution in [0.1, 0.15) is 12.5 Å². The lowest BCUT2D eigenvalue weighted by Gasteiger charge is -1.91. The minimum Gasteiger partial charge on any atom is -0.463 e. The van der Waals surface area contributed by atoms with E-state index in [-0.39, 0.29) is 0 Å². The van der Waals surface area contributed by atoms with Gasteiger partial charge in [-0.15, -0.1) is 0 Å². The number of hydrogen-bond donors (Lipinski definition) is 1. The summed E-state index contributed by atoms with van der Waals surface area (Å²) in [5.41, 5.74) is 8.05. The third kappa shape index (κ3) is 2.85. The van der Waals surface area contributed by atoms with E-state index in [1.165, 1.54) is 6.08 Å². The number of nitrogens with two attached hydrogens (primary N) is 1. The lowest BCUT2D eigenvalue weighted by molar-refractivity contribution is -0.137. The van der Waals surface area contributed by atoms with Crippen LogP contribution in [0.5, 0.6) is 0 Å². The number of nitrogens with zero attached hydrogens (tertiary/aromatic N) is 1. The van der Waals surface area contributed by atoms with E-state index in [1.807, 2.05) is 18.2 Å². The Balaban J connectivity index is 0.000000160. The molecule has 0 aromatic rings. The molecule has 0 fully saturated rings. The van der Waals surface area contributed by atoms with E-state index in [0.29, 0.717) is 6.61 Å². The summed E-state index contributed by atoms with van der Waals surface area (Å²) in [4.78, 5) is 10.3. The SMILES string of the molecule is CCOC(=O)C=CN.N#Cc1c2cccc1-2. The highest BCUT2D eigenvalue weighted by molar-refractivity contribution is 5.93. The lowest BCUT2D eigenvalue weighted by Crippen LogP contribution is -1.99. The molecule has 0 spiro atoms. The monoisotopic (exact) mass is 216 g/mol. The number of carbonyl (C=O) groups excluding carboxylic acids is 1. The smallest absolute Gasteiger partial charge is 0.332 e. The van der Waals surface area contributed by atoms with Crippen molar-refractivity contribution >= 4 is 5.97 Å². The van der Waals surface area contributed by atoms with Crippen molar-refractivity contribution in [2.24, 2.45) is 5.73 Å². The Hall–Kier alpha value is -2.28. The van der Waals surface area contributed by atoms with Gasteiger partial charge in [-0.3, -0.25) is 0 Å². The molecule has 2 rings (SSSR count). The summed E-state index contributed by atoms with van der Waals surface area (Å²) >= 11 is 0. The minimum absolute atomic E-state index is 0.392. The van der Waals surface area contributed by atoms with Gasteiger partial charge in [0.15, 0.2) is 0 Å². The highest BCUT2D eigenvalue weighted by atomic mass is 16.5. The molecule has 0 aromatic heterocycles. The molecular formula is C12H12N2O2. The summed E-state index contributed by atoms with van der Waals surface area (Å²) in [6.45, 7) is 2.13. The van der Waals surface area contributed by atoms with E-state index < -0.39 is 5.97 Å². The topological polar surface area (TPSA) is 76.1 Å². The predicted octanol–water partition coefficient (Wildman–Crippen LogP) is 1.56. The lowest BCUT2D eigenvalue weighted by atomic mass is 10.5. The van der Waals surface area contributed by atoms with E-state index in [1.54, 1.807) is 6.92 Å². The predicted molar refractivity (Wildman–Crippen MR) is 60.1 cm³/mol. The van der Waals surface area contributed by atoms with Crippen molar-refractivity contribution in [1.29, 1.82) is 5.26 Å². The molecule has 0 heterocycles. The number of ether oxygens (including phenoxy) is 1. The quantitative estimate of drug-likeness (QED) is 0.610. The average Bonchev–Trinajstić information content (AvgIpc) is 2.70. The Bertz CT molecular complexity index is 438. The fourth-order valence-electron chi connectivity index (χ4n) is 1.19. The Morgan fingerprint density at radius 1 is 1.56 bits per heavy atom. The second-order valence-corrected chi connectivity index (χ2v) is 2.95. The van der Waals surface area contributed by atoms with Crippen LogP contribution >= 0.6 is 0 Å². The van der Waals surface area contributed by atoms with E-state index in [0.717, 1.165) is 22.9 Å². The molecule has 4 nitrogen and oxygen atoms in total. The molecule has 0 aliphatic heterocycles. The van der Waals surface area contributed by atoms with Gasteiger partial charge in [-0.25, -0.2) is 4.79 Å². The van der Waals surface area contributed by atoms with E-state index in [2.05, 4.69) is 10.8 Å². The van der Waals surface area contributed by atoms with Gasteiger partial charge in [-0.05, 0) is 6.92 Å². The Labute approximate surface area is 93.9 Å². The molecule has 0 unspecified atom stereocenters. The molecule has 0 atom stereocenters. The van der Waals surface area contributed by atoms with Crippen LogP contribution in [0.15, 0.2) is 30.5 Å². The molecule has 2 N–H and O–H groups in total. The number of hydrogen-bond acceptors (Lipinski definition) is 4. The molecule has 0 saturated carbocycles. The molecule has 16 heavy (non-hydrogen) atoms. The first kappa shape index (κ1) is 11.8. The number of rotatable bonds is 2. The van der Waals surface area contributed by atoms with Crippen LogP contribution in [0, 0.1) is 11.3 Å². The molecule has 0 bridgehead atoms. The van der Waals surface area contributed by atoms with Gasteiger partial charge in [-0.2, -0.15) is 5.26 Å². The van der Waals surface area contributed by atoms with Gasteiger partial charge in [0.05, 0.1) is 12.2 Å². The number of esters is 1. The van der Waals surface area contributed by atoms with Gasteiger partial charge in [0.25, 0.3) is 0 Å². The summed E-state index contributed by atoms with van der Waals surface area (Å²) in [6.07, 6.45) is 2.32. The third-order valence-corrected chi connectivity index (χ3v) is 1.92. The van der Waals surface area contributed by atoms with Gasteiger partial charge in [0.2, 0.25) is 0 Å². The largest absolute Gasteiger partial charge is 0.463 e. The molecule has 0 radical (unpaired) electrons. The van der Waals surface area contributed by atoms with Gasteiger partial charge in [0.1, 0.15) is 6.07 Å². The van der Waals surface area contributed by atoms with Crippen molar-refractivity contribution in [1.82, 2.24) is 0 Å². The van der Waals surface area contributed by atoms with Crippen molar-refractivity contribution < 1.29 is 9.53 Å². The van der Waals surface area contributed by atoms with Crippen LogP contribution in [0.2, 0.25) is 0 Å². The summed E-state index contributed by atoms with van der Waals surface area (Å²) < 4.78 is 4.48. The molecular weight excluding hydrogens is 204 g/mol. The Morgan fingerprint density at radius 3 is 2.56 bits per heavy atom. The maximum absolute atomic E-state index is 10.3. The van der Waals surface area contributed by atoms with Crippen molar-refractivity contribution in [2.75, 3.05) is 6.61 Å². The number of carbonyl (C=O) groups is 1. The summed E-state index contributed by atoms with van der Waals surface area (Å²) in [5, 5.41) is 8.33. The Kier molecular flexibility index (Phi) is 4.10. The number of nitriles is 1. The van der Waals surface area contributed by atoms with Crippen LogP contribution in [0.25, 0.3) is 11.1 Å². The minimum atomic E-state index is -0.394. The third-order valence-electron chi connectivity index (χ3n) is 1.92. The fraction of sp³-hybridized carbons (Fsp3) is 0.167. The van der Waals surface area contributed by atoms with Crippen molar-refractivity contribution in [3.05, 3.63) is 36.0 Å². The van der Waals surface area contributed by atoms with Gasteiger partial charge in [-0.1, -0.05) is 18.2 Å². The highest BCUT2D eigenvalue weighted by Crippen LogP contribution is 2.41. The standard InChI is InChI=1S/C7H3N.C5H9NO2/c8-4-7-5-2-1-3-6(5)7;1-2-8-5(7)3-4-6/h1-3H;3-4H,2,6H2,1H3. The zero-order chi connectivity index (χ0) is 12.0. The van der Waals surface area contributed by atoms with Crippen molar-refractivity contribution in [2.45, 2.75) is 6.92 Å². The number of fused-ring (bicyclic) bond motifs is 1. The summed E-state index contributed by atoms with van der Waals surface area (Å²) in [7, 11) is 0. The van der Waals surface area contributed by atoms with Crippen LogP contribution in [0.3, 0.4) is 0 Å². The first-order valence-electron chi connectivity index (χ1n) is 4.83. The molecule has 82 valence electrons. The summed E-state index contributed by atoms with van der Waals surface area (Å²) in [5.74, 6) is -0.394. The van der Waals surface area contributed by atoms with Crippen molar-refractivity contribution in [3.63, 3.8) is 0 Å². The maximum Gasteiger partial charge on any atom is 0.332 e. The van der Waals surface area contributed by atoms with Gasteiger partial charge >= 0.3 is 5.97 Å². The fourth-order valence-corrected chi connectivity index (χ4v) is 1.19. The molecule has 0 saturated heterocycles. The number of benzene rings is 1. The van der Waals surface area contributed by atoms with Crippen molar-refractivity contribution in [3.8, 4) is 17.2 Å². The van der Waals surface area contributed by atoms with Crippen LogP contribution in [-0.4, -0.2) is 12.6 Å². The van der Waals surface area contributed by atoms with Crippen LogP contribution in [0.4, 0.5) is 0 Å². The second-order valence-electron chi connectivity index (χ2n) is 2.95. The zero-order valence-corrected chi connectivity index (χ0v) is 8.93. The molecule has 2 aliphatic carbocycles. The first-order valence-corrected chi connectivity index (χ1v) is 4.83. The highest BCUT2D eigenvalue weighted by Gasteiger charge is 2.22. The molecule has 0 amide bonds. The molecule has 4 heteroatoms. The first-order chi connectivity index (χ1) is 7.74. The van der Waals surface area contributed by atoms with Crippen LogP contribution < -0.4 is 5.73 Å². The Morgan fingerprint density at radius 2 is 2.19 bits per heavy atom.